The van der Waals surface area contributed by atoms with Crippen LogP contribution in [-0.4, -0.2) is 35.9 Å². The molecule has 4 rings (SSSR count). The molecule has 9 nitrogen and oxygen atoms in total. The van der Waals surface area contributed by atoms with E-state index in [1.807, 2.05) is 0 Å². The Bertz CT molecular complexity index is 1540. The number of hydrogen-bond acceptors (Lipinski definition) is 5. The maximum absolute atomic E-state index is 14.9. The summed E-state index contributed by atoms with van der Waals surface area (Å²) in [6.45, 7) is 0.452. The summed E-state index contributed by atoms with van der Waals surface area (Å²) in [6.07, 6.45) is 0. The van der Waals surface area contributed by atoms with Crippen molar-refractivity contribution in [2.24, 2.45) is 0 Å². The van der Waals surface area contributed by atoms with Crippen molar-refractivity contribution in [2.45, 2.75) is 26.1 Å². The Labute approximate surface area is 230 Å². The van der Waals surface area contributed by atoms with Crippen LogP contribution in [0.25, 0.3) is 0 Å². The fourth-order valence-corrected chi connectivity index (χ4v) is 4.66. The Hall–Kier alpha value is -4.00. The molecule has 0 aliphatic carbocycles. The van der Waals surface area contributed by atoms with E-state index in [9.17, 15) is 41.0 Å². The van der Waals surface area contributed by atoms with Crippen LogP contribution in [0, 0.1) is 29.1 Å². The number of phosphoric ester groups is 1. The van der Waals surface area contributed by atoms with Gasteiger partial charge in [-0.15, -0.1) is 0 Å². The van der Waals surface area contributed by atoms with Crippen LogP contribution in [0.5, 0.6) is 5.75 Å². The predicted octanol–water partition coefficient (Wildman–Crippen LogP) is 5.57. The number of phosphoric acid groups is 1. The van der Waals surface area contributed by atoms with Crippen molar-refractivity contribution in [2.75, 3.05) is 19.1 Å². The van der Waals surface area contributed by atoms with Gasteiger partial charge in [-0.2, -0.15) is 0 Å². The number of nitrogens with one attached hydrogen (secondary N) is 1. The molecular formula is C26H23F5N3O6P. The zero-order valence-corrected chi connectivity index (χ0v) is 22.6. The van der Waals surface area contributed by atoms with E-state index < -0.39 is 84.9 Å². The van der Waals surface area contributed by atoms with Gasteiger partial charge in [0.15, 0.2) is 0 Å². The summed E-state index contributed by atoms with van der Waals surface area (Å²) >= 11 is 0. The molecule has 0 fully saturated rings. The molecule has 0 aromatic heterocycles. The molecule has 41 heavy (non-hydrogen) atoms. The quantitative estimate of drug-likeness (QED) is 0.259. The van der Waals surface area contributed by atoms with Crippen molar-refractivity contribution in [3.8, 4) is 5.75 Å². The molecule has 0 saturated carbocycles. The summed E-state index contributed by atoms with van der Waals surface area (Å²) < 4.78 is 91.5. The Kier molecular flexibility index (Phi) is 8.39. The molecule has 0 bridgehead atoms. The van der Waals surface area contributed by atoms with E-state index in [0.29, 0.717) is 29.8 Å². The summed E-state index contributed by atoms with van der Waals surface area (Å²) in [5, 5.41) is 2.32. The fraction of sp³-hybridized carbons (Fsp3) is 0.231. The van der Waals surface area contributed by atoms with E-state index in [1.165, 1.54) is 30.1 Å². The van der Waals surface area contributed by atoms with Gasteiger partial charge in [0, 0.05) is 61.7 Å². The molecule has 2 unspecified atom stereocenters. The monoisotopic (exact) mass is 599 g/mol. The summed E-state index contributed by atoms with van der Waals surface area (Å²) in [6, 6.07) is 5.32. The number of halogens is 5. The summed E-state index contributed by atoms with van der Waals surface area (Å²) in [7, 11) is -2.26. The molecule has 2 atom stereocenters. The molecule has 3 amide bonds. The first-order valence-corrected chi connectivity index (χ1v) is 13.4. The molecule has 2 N–H and O–H groups in total. The van der Waals surface area contributed by atoms with Crippen LogP contribution in [0.2, 0.25) is 0 Å². The molecule has 1 aliphatic rings. The average Bonchev–Trinajstić information content (AvgIpc) is 2.89. The van der Waals surface area contributed by atoms with Gasteiger partial charge in [0.2, 0.25) is 0 Å². The van der Waals surface area contributed by atoms with Gasteiger partial charge in [-0.1, -0.05) is 6.07 Å². The van der Waals surface area contributed by atoms with Crippen LogP contribution in [-0.2, 0) is 22.2 Å². The summed E-state index contributed by atoms with van der Waals surface area (Å²) in [5.41, 5.74) is -0.510. The van der Waals surface area contributed by atoms with Gasteiger partial charge >= 0.3 is 13.9 Å². The van der Waals surface area contributed by atoms with Gasteiger partial charge in [0.1, 0.15) is 34.8 Å². The molecule has 218 valence electrons. The molecule has 0 spiro atoms. The molecule has 3 aromatic carbocycles. The van der Waals surface area contributed by atoms with Crippen molar-refractivity contribution >= 4 is 25.4 Å². The van der Waals surface area contributed by atoms with E-state index in [4.69, 9.17) is 0 Å². The number of carbonyl (C=O) groups is 2. The van der Waals surface area contributed by atoms with Crippen molar-refractivity contribution in [1.29, 1.82) is 0 Å². The van der Waals surface area contributed by atoms with E-state index in [-0.39, 0.29) is 11.3 Å². The van der Waals surface area contributed by atoms with Crippen LogP contribution >= 0.6 is 7.82 Å². The number of urea groups is 1. The van der Waals surface area contributed by atoms with Crippen molar-refractivity contribution in [3.05, 3.63) is 93.8 Å². The lowest BCUT2D eigenvalue weighted by molar-refractivity contribution is 0.0950. The van der Waals surface area contributed by atoms with E-state index in [0.717, 1.165) is 12.0 Å². The number of nitrogens with zero attached hydrogens (tertiary/aromatic N) is 2. The smallest absolute Gasteiger partial charge is 0.404 e. The third kappa shape index (κ3) is 6.19. The molecule has 3 aromatic rings. The molecule has 0 radical (unpaired) electrons. The van der Waals surface area contributed by atoms with Crippen LogP contribution in [0.4, 0.5) is 32.4 Å². The van der Waals surface area contributed by atoms with Crippen LogP contribution < -0.4 is 14.7 Å². The van der Waals surface area contributed by atoms with Gasteiger partial charge in [-0.25, -0.2) is 31.3 Å². The maximum atomic E-state index is 14.9. The lowest BCUT2D eigenvalue weighted by Crippen LogP contribution is -2.47. The Morgan fingerprint density at radius 1 is 1.00 bits per heavy atom. The zero-order valence-electron chi connectivity index (χ0n) is 21.8. The first-order chi connectivity index (χ1) is 19.2. The highest BCUT2D eigenvalue weighted by Gasteiger charge is 2.35. The fourth-order valence-electron chi connectivity index (χ4n) is 4.22. The maximum Gasteiger partial charge on any atom is 0.527 e. The predicted molar refractivity (Wildman–Crippen MR) is 136 cm³/mol. The third-order valence-electron chi connectivity index (χ3n) is 6.56. The van der Waals surface area contributed by atoms with E-state index >= 15 is 0 Å². The first-order valence-electron chi connectivity index (χ1n) is 11.9. The minimum atomic E-state index is -4.60. The number of anilines is 1. The van der Waals surface area contributed by atoms with Gasteiger partial charge in [-0.05, 0) is 24.6 Å². The number of hydrogen-bond donors (Lipinski definition) is 2. The summed E-state index contributed by atoms with van der Waals surface area (Å²) in [5.74, 6) is -7.29. The molecule has 15 heteroatoms. The zero-order chi connectivity index (χ0) is 30.2. The van der Waals surface area contributed by atoms with Crippen molar-refractivity contribution in [3.63, 3.8) is 0 Å². The molecule has 1 heterocycles. The second-order valence-corrected chi connectivity index (χ2v) is 10.6. The summed E-state index contributed by atoms with van der Waals surface area (Å²) in [4.78, 5) is 37.8. The SMILES string of the molecule is COP(=O)(O)Oc1cc(F)c(CN2C(=O)N(C)C(C)c3ccc(C(=O)NCc4c(F)cc(F)cc4F)cc32)c(F)c1. The largest absolute Gasteiger partial charge is 0.527 e. The number of rotatable bonds is 8. The number of carbonyl (C=O) groups excluding carboxylic acids is 2. The number of fused-ring (bicyclic) bond motifs is 1. The molecule has 0 saturated heterocycles. The highest BCUT2D eigenvalue weighted by atomic mass is 31.2. The second kappa shape index (κ2) is 11.5. The van der Waals surface area contributed by atoms with Gasteiger partial charge in [0.05, 0.1) is 18.3 Å². The molecular weight excluding hydrogens is 576 g/mol. The van der Waals surface area contributed by atoms with Crippen molar-refractivity contribution in [1.82, 2.24) is 10.2 Å². The highest BCUT2D eigenvalue weighted by Crippen LogP contribution is 2.44. The Balaban J connectivity index is 1.64. The van der Waals surface area contributed by atoms with E-state index in [2.05, 4.69) is 14.4 Å². The minimum absolute atomic E-state index is 0.0378. The first kappa shape index (κ1) is 30.0. The Morgan fingerprint density at radius 3 is 2.17 bits per heavy atom. The Morgan fingerprint density at radius 2 is 1.59 bits per heavy atom. The van der Waals surface area contributed by atoms with Crippen LogP contribution in [0.1, 0.15) is 40.0 Å². The minimum Gasteiger partial charge on any atom is -0.404 e. The van der Waals surface area contributed by atoms with Gasteiger partial charge < -0.3 is 14.7 Å². The van der Waals surface area contributed by atoms with Crippen molar-refractivity contribution < 1.29 is 50.0 Å². The van der Waals surface area contributed by atoms with Crippen LogP contribution in [0.3, 0.4) is 0 Å². The lowest BCUT2D eigenvalue weighted by Gasteiger charge is -2.39. The van der Waals surface area contributed by atoms with Crippen LogP contribution in [0.15, 0.2) is 42.5 Å². The van der Waals surface area contributed by atoms with Gasteiger partial charge in [-0.3, -0.25) is 19.1 Å². The highest BCUT2D eigenvalue weighted by molar-refractivity contribution is 7.47. The normalized spacial score (nSPS) is 16.3. The van der Waals surface area contributed by atoms with Gasteiger partial charge in [0.25, 0.3) is 5.91 Å². The van der Waals surface area contributed by atoms with E-state index in [1.54, 1.807) is 6.92 Å². The topological polar surface area (TPSA) is 108 Å². The standard InChI is InChI=1S/C26H23F5N3O6P/c1-13-17-5-4-14(25(35)32-11-18-20(28)7-15(27)8-21(18)29)6-24(17)34(26(36)33(13)2)12-19-22(30)9-16(10-23(19)31)40-41(37,38)39-3/h4-10,13H,11-12H2,1-3H3,(H,32,35)(H,37,38). The second-order valence-electron chi connectivity index (χ2n) is 9.07. The average molecular weight is 599 g/mol. The number of benzene rings is 3. The third-order valence-corrected chi connectivity index (χ3v) is 7.46. The molecule has 1 aliphatic heterocycles. The number of amides is 3. The lowest BCUT2D eigenvalue weighted by atomic mass is 9.98.